The minimum atomic E-state index is -2.90. The summed E-state index contributed by atoms with van der Waals surface area (Å²) in [5.41, 5.74) is -0.647. The van der Waals surface area contributed by atoms with Gasteiger partial charge in [-0.2, -0.15) is 5.26 Å². The monoisotopic (exact) mass is 278 g/mol. The van der Waals surface area contributed by atoms with Crippen LogP contribution in [0.15, 0.2) is 6.07 Å². The second-order valence-electron chi connectivity index (χ2n) is 2.73. The molecule has 0 spiro atoms. The van der Waals surface area contributed by atoms with E-state index in [2.05, 4.69) is 20.9 Å². The Kier molecular flexibility index (Phi) is 4.09. The highest BCUT2D eigenvalue weighted by atomic mass is 79.9. The second kappa shape index (κ2) is 5.12. The van der Waals surface area contributed by atoms with Crippen LogP contribution in [0.1, 0.15) is 23.4 Å². The molecule has 2 nitrogen and oxygen atoms in total. The van der Waals surface area contributed by atoms with Crippen molar-refractivity contribution in [2.45, 2.75) is 18.2 Å². The van der Waals surface area contributed by atoms with E-state index in [4.69, 9.17) is 5.26 Å². The van der Waals surface area contributed by atoms with Crippen LogP contribution in [0, 0.1) is 17.1 Å². The lowest BCUT2D eigenvalue weighted by molar-refractivity contribution is 0.145. The smallest absolute Gasteiger partial charge is 0.253 e. The number of nitrogens with zero attached hydrogens (tertiary/aromatic N) is 2. The number of halogens is 4. The average molecular weight is 279 g/mol. The van der Waals surface area contributed by atoms with Crippen LogP contribution in [-0.4, -0.2) is 4.98 Å². The molecule has 0 aromatic carbocycles. The van der Waals surface area contributed by atoms with Crippen molar-refractivity contribution in [3.63, 3.8) is 0 Å². The lowest BCUT2D eigenvalue weighted by Crippen LogP contribution is -2.03. The largest absolute Gasteiger partial charge is 0.266 e. The van der Waals surface area contributed by atoms with Gasteiger partial charge in [0.2, 0.25) is 0 Å². The van der Waals surface area contributed by atoms with Crippen molar-refractivity contribution in [2.75, 3.05) is 0 Å². The number of nitriles is 1. The predicted molar refractivity (Wildman–Crippen MR) is 51.1 cm³/mol. The van der Waals surface area contributed by atoms with Crippen molar-refractivity contribution >= 4 is 15.9 Å². The quantitative estimate of drug-likeness (QED) is 0.797. The summed E-state index contributed by atoms with van der Waals surface area (Å²) in [7, 11) is 0. The maximum Gasteiger partial charge on any atom is 0.266 e. The summed E-state index contributed by atoms with van der Waals surface area (Å²) in [6, 6.07) is 2.68. The van der Waals surface area contributed by atoms with Gasteiger partial charge in [-0.1, -0.05) is 15.9 Å². The molecule has 0 unspecified atom stereocenters. The average Bonchev–Trinajstić information content (AvgIpc) is 2.21. The summed E-state index contributed by atoms with van der Waals surface area (Å²) >= 11 is 3.04. The number of alkyl halides is 3. The summed E-state index contributed by atoms with van der Waals surface area (Å²) in [4.78, 5) is 3.75. The van der Waals surface area contributed by atoms with Crippen LogP contribution < -0.4 is 0 Å². The lowest BCUT2D eigenvalue weighted by Gasteiger charge is -2.07. The van der Waals surface area contributed by atoms with Crippen molar-refractivity contribution in [3.05, 3.63) is 28.8 Å². The zero-order valence-corrected chi connectivity index (χ0v) is 9.06. The van der Waals surface area contributed by atoms with Crippen LogP contribution in [0.5, 0.6) is 0 Å². The molecule has 6 heteroatoms. The third kappa shape index (κ3) is 2.69. The molecule has 0 bridgehead atoms. The standard InChI is InChI=1S/C9H6BrF3N2/c10-4-5-3-6(9(12)13)8(11)7(15-5)1-2-14/h3,9H,1,4H2. The van der Waals surface area contributed by atoms with Gasteiger partial charge in [-0.15, -0.1) is 0 Å². The van der Waals surface area contributed by atoms with Gasteiger partial charge in [-0.3, -0.25) is 4.98 Å². The molecule has 80 valence electrons. The maximum absolute atomic E-state index is 13.3. The highest BCUT2D eigenvalue weighted by molar-refractivity contribution is 9.08. The van der Waals surface area contributed by atoms with E-state index in [9.17, 15) is 13.2 Å². The molecule has 1 heterocycles. The fraction of sp³-hybridized carbons (Fsp3) is 0.333. The minimum Gasteiger partial charge on any atom is -0.253 e. The van der Waals surface area contributed by atoms with Gasteiger partial charge in [0.05, 0.1) is 29.4 Å². The molecule has 1 aromatic rings. The Morgan fingerprint density at radius 3 is 2.67 bits per heavy atom. The van der Waals surface area contributed by atoms with E-state index in [0.717, 1.165) is 6.07 Å². The Bertz CT molecular complexity index is 401. The summed E-state index contributed by atoms with van der Waals surface area (Å²) in [6.07, 6.45) is -3.21. The SMILES string of the molecule is N#CCc1nc(CBr)cc(C(F)F)c1F. The molecular weight excluding hydrogens is 273 g/mol. The first-order valence-electron chi connectivity index (χ1n) is 3.99. The van der Waals surface area contributed by atoms with E-state index in [1.165, 1.54) is 0 Å². The van der Waals surface area contributed by atoms with Crippen LogP contribution in [0.3, 0.4) is 0 Å². The van der Waals surface area contributed by atoms with Gasteiger partial charge in [-0.05, 0) is 6.07 Å². The topological polar surface area (TPSA) is 36.7 Å². The molecule has 0 fully saturated rings. The second-order valence-corrected chi connectivity index (χ2v) is 3.29. The van der Waals surface area contributed by atoms with Gasteiger partial charge in [0.15, 0.2) is 5.82 Å². The first-order chi connectivity index (χ1) is 7.10. The molecule has 0 N–H and O–H groups in total. The van der Waals surface area contributed by atoms with E-state index >= 15 is 0 Å². The molecule has 0 radical (unpaired) electrons. The van der Waals surface area contributed by atoms with Gasteiger partial charge in [0.25, 0.3) is 6.43 Å². The van der Waals surface area contributed by atoms with Crippen molar-refractivity contribution in [1.29, 1.82) is 5.26 Å². The van der Waals surface area contributed by atoms with E-state index in [1.807, 2.05) is 0 Å². The number of hydrogen-bond acceptors (Lipinski definition) is 2. The number of aromatic nitrogens is 1. The van der Waals surface area contributed by atoms with Crippen molar-refractivity contribution in [1.82, 2.24) is 4.98 Å². The first-order valence-corrected chi connectivity index (χ1v) is 5.11. The third-order valence-corrected chi connectivity index (χ3v) is 2.30. The molecule has 0 aliphatic heterocycles. The van der Waals surface area contributed by atoms with Crippen LogP contribution in [0.2, 0.25) is 0 Å². The Hall–Kier alpha value is -1.09. The highest BCUT2D eigenvalue weighted by Crippen LogP contribution is 2.25. The molecule has 0 saturated carbocycles. The van der Waals surface area contributed by atoms with Gasteiger partial charge < -0.3 is 0 Å². The lowest BCUT2D eigenvalue weighted by atomic mass is 10.1. The maximum atomic E-state index is 13.3. The fourth-order valence-corrected chi connectivity index (χ4v) is 1.37. The van der Waals surface area contributed by atoms with Crippen LogP contribution >= 0.6 is 15.9 Å². The van der Waals surface area contributed by atoms with Crippen LogP contribution in [0.4, 0.5) is 13.2 Å². The molecular formula is C9H6BrF3N2. The van der Waals surface area contributed by atoms with E-state index in [0.29, 0.717) is 0 Å². The number of rotatable bonds is 3. The van der Waals surface area contributed by atoms with E-state index in [1.54, 1.807) is 6.07 Å². The normalized spacial score (nSPS) is 10.4. The summed E-state index contributed by atoms with van der Waals surface area (Å²) in [6.45, 7) is 0. The third-order valence-electron chi connectivity index (χ3n) is 1.73. The zero-order valence-electron chi connectivity index (χ0n) is 7.48. The molecule has 0 amide bonds. The molecule has 0 saturated heterocycles. The predicted octanol–water partition coefficient (Wildman–Crippen LogP) is 3.12. The van der Waals surface area contributed by atoms with Crippen LogP contribution in [-0.2, 0) is 11.8 Å². The van der Waals surface area contributed by atoms with Gasteiger partial charge in [0, 0.05) is 5.33 Å². The summed E-state index contributed by atoms with van der Waals surface area (Å²) in [5, 5.41) is 8.62. The van der Waals surface area contributed by atoms with Crippen molar-refractivity contribution in [2.24, 2.45) is 0 Å². The summed E-state index contributed by atoms with van der Waals surface area (Å²) in [5.74, 6) is -1.09. The Morgan fingerprint density at radius 2 is 2.20 bits per heavy atom. The van der Waals surface area contributed by atoms with Crippen LogP contribution in [0.25, 0.3) is 0 Å². The van der Waals surface area contributed by atoms with Gasteiger partial charge >= 0.3 is 0 Å². The minimum absolute atomic E-state index is 0.232. The van der Waals surface area contributed by atoms with E-state index < -0.39 is 17.8 Å². The van der Waals surface area contributed by atoms with Gasteiger partial charge in [-0.25, -0.2) is 13.2 Å². The number of pyridine rings is 1. The molecule has 1 rings (SSSR count). The number of hydrogen-bond donors (Lipinski definition) is 0. The van der Waals surface area contributed by atoms with Crippen molar-refractivity contribution in [3.8, 4) is 6.07 Å². The molecule has 0 atom stereocenters. The highest BCUT2D eigenvalue weighted by Gasteiger charge is 2.18. The molecule has 15 heavy (non-hydrogen) atoms. The van der Waals surface area contributed by atoms with Crippen molar-refractivity contribution < 1.29 is 13.2 Å². The fourth-order valence-electron chi connectivity index (χ4n) is 1.08. The van der Waals surface area contributed by atoms with E-state index in [-0.39, 0.29) is 23.1 Å². The Morgan fingerprint density at radius 1 is 1.53 bits per heavy atom. The Balaban J connectivity index is 3.28. The Labute approximate surface area is 92.9 Å². The first kappa shape index (κ1) is 12.0. The summed E-state index contributed by atoms with van der Waals surface area (Å²) < 4.78 is 38.1. The molecule has 0 aliphatic rings. The molecule has 0 aliphatic carbocycles. The molecule has 1 aromatic heterocycles. The van der Waals surface area contributed by atoms with Gasteiger partial charge in [0.1, 0.15) is 0 Å². The zero-order chi connectivity index (χ0) is 11.4.